The molecule has 0 unspecified atom stereocenters. The van der Waals surface area contributed by atoms with Crippen molar-refractivity contribution in [2.45, 2.75) is 13.3 Å². The van der Waals surface area contributed by atoms with Crippen molar-refractivity contribution in [3.63, 3.8) is 0 Å². The van der Waals surface area contributed by atoms with Crippen molar-refractivity contribution in [3.05, 3.63) is 41.0 Å². The normalized spacial score (nSPS) is 10.9. The summed E-state index contributed by atoms with van der Waals surface area (Å²) in [6.07, 6.45) is 2.00. The molecule has 0 saturated carbocycles. The van der Waals surface area contributed by atoms with Crippen molar-refractivity contribution in [1.29, 1.82) is 0 Å². The second-order valence-corrected chi connectivity index (χ2v) is 5.83. The smallest absolute Gasteiger partial charge is 0.229 e. The number of amides is 1. The average molecular weight is 286 g/mol. The molecule has 3 rings (SSSR count). The average Bonchev–Trinajstić information content (AvgIpc) is 2.94. The maximum atomic E-state index is 12.0. The quantitative estimate of drug-likeness (QED) is 0.805. The van der Waals surface area contributed by atoms with Crippen molar-refractivity contribution >= 4 is 33.3 Å². The van der Waals surface area contributed by atoms with Crippen LogP contribution >= 0.6 is 11.3 Å². The summed E-state index contributed by atoms with van der Waals surface area (Å²) < 4.78 is 2.75. The van der Waals surface area contributed by atoms with E-state index >= 15 is 0 Å². The minimum atomic E-state index is -0.0470. The molecule has 0 bridgehead atoms. The summed E-state index contributed by atoms with van der Waals surface area (Å²) in [7, 11) is 1.79. The number of hydrogen-bond donors (Lipinski definition) is 1. The summed E-state index contributed by atoms with van der Waals surface area (Å²) in [5.41, 5.74) is 1.98. The highest BCUT2D eigenvalue weighted by Gasteiger charge is 2.08. The highest BCUT2D eigenvalue weighted by atomic mass is 32.1. The summed E-state index contributed by atoms with van der Waals surface area (Å²) in [5.74, 6) is 0.652. The van der Waals surface area contributed by atoms with Gasteiger partial charge < -0.3 is 5.32 Å². The van der Waals surface area contributed by atoms with E-state index in [0.29, 0.717) is 12.2 Å². The first-order valence-electron chi connectivity index (χ1n) is 6.26. The molecule has 0 radical (unpaired) electrons. The molecule has 0 aliphatic carbocycles. The van der Waals surface area contributed by atoms with E-state index in [-0.39, 0.29) is 5.91 Å². The molecule has 2 heterocycles. The van der Waals surface area contributed by atoms with Crippen LogP contribution in [-0.4, -0.2) is 20.7 Å². The molecule has 0 saturated heterocycles. The predicted molar refractivity (Wildman–Crippen MR) is 79.9 cm³/mol. The lowest BCUT2D eigenvalue weighted by Crippen LogP contribution is -2.16. The number of aryl methyl sites for hydroxylation is 2. The van der Waals surface area contributed by atoms with E-state index in [1.54, 1.807) is 35.3 Å². The van der Waals surface area contributed by atoms with Gasteiger partial charge in [0.1, 0.15) is 5.82 Å². The Morgan fingerprint density at radius 3 is 3.00 bits per heavy atom. The lowest BCUT2D eigenvalue weighted by Gasteiger charge is -2.05. The fraction of sp³-hybridized carbons (Fsp3) is 0.214. The molecule has 102 valence electrons. The molecule has 1 amide bonds. The number of aromatic nitrogens is 3. The van der Waals surface area contributed by atoms with Crippen LogP contribution in [0.15, 0.2) is 30.5 Å². The zero-order chi connectivity index (χ0) is 14.1. The number of anilines is 1. The molecular formula is C14H14N4OS. The third kappa shape index (κ3) is 2.55. The van der Waals surface area contributed by atoms with Gasteiger partial charge in [-0.1, -0.05) is 6.07 Å². The maximum Gasteiger partial charge on any atom is 0.229 e. The minimum Gasteiger partial charge on any atom is -0.311 e. The third-order valence-electron chi connectivity index (χ3n) is 3.01. The van der Waals surface area contributed by atoms with E-state index in [2.05, 4.69) is 15.4 Å². The zero-order valence-electron chi connectivity index (χ0n) is 11.3. The van der Waals surface area contributed by atoms with Crippen molar-refractivity contribution in [2.75, 3.05) is 5.32 Å². The number of nitrogens with zero attached hydrogens (tertiary/aromatic N) is 3. The molecule has 3 aromatic rings. The Balaban J connectivity index is 1.75. The van der Waals surface area contributed by atoms with Gasteiger partial charge in [0, 0.05) is 13.1 Å². The van der Waals surface area contributed by atoms with Crippen molar-refractivity contribution in [1.82, 2.24) is 14.8 Å². The fourth-order valence-corrected chi connectivity index (χ4v) is 2.95. The molecule has 5 nitrogen and oxygen atoms in total. The van der Waals surface area contributed by atoms with Gasteiger partial charge in [0.2, 0.25) is 5.91 Å². The van der Waals surface area contributed by atoms with Crippen LogP contribution in [0.25, 0.3) is 10.2 Å². The standard InChI is InChI=1S/C14H14N4OS/c1-9-16-11-4-3-10(7-12(11)20-9)8-14(19)17-13-5-6-15-18(13)2/h3-7H,8H2,1-2H3,(H,17,19). The second kappa shape index (κ2) is 5.05. The van der Waals surface area contributed by atoms with E-state index in [4.69, 9.17) is 0 Å². The first-order valence-corrected chi connectivity index (χ1v) is 7.07. The van der Waals surface area contributed by atoms with E-state index in [0.717, 1.165) is 20.8 Å². The summed E-state index contributed by atoms with van der Waals surface area (Å²) >= 11 is 1.64. The number of thiazole rings is 1. The van der Waals surface area contributed by atoms with Crippen molar-refractivity contribution in [2.24, 2.45) is 7.05 Å². The molecule has 20 heavy (non-hydrogen) atoms. The van der Waals surface area contributed by atoms with E-state index in [9.17, 15) is 4.79 Å². The van der Waals surface area contributed by atoms with E-state index < -0.39 is 0 Å². The number of nitrogens with one attached hydrogen (secondary N) is 1. The molecule has 1 aromatic carbocycles. The highest BCUT2D eigenvalue weighted by molar-refractivity contribution is 7.18. The number of hydrogen-bond acceptors (Lipinski definition) is 4. The molecule has 1 N–H and O–H groups in total. The highest BCUT2D eigenvalue weighted by Crippen LogP contribution is 2.22. The molecule has 6 heteroatoms. The maximum absolute atomic E-state index is 12.0. The Morgan fingerprint density at radius 1 is 1.40 bits per heavy atom. The third-order valence-corrected chi connectivity index (χ3v) is 3.95. The Hall–Kier alpha value is -2.21. The zero-order valence-corrected chi connectivity index (χ0v) is 12.1. The SMILES string of the molecule is Cc1nc2ccc(CC(=O)Nc3ccnn3C)cc2s1. The fourth-order valence-electron chi connectivity index (χ4n) is 2.06. The van der Waals surface area contributed by atoms with Crippen LogP contribution in [0.5, 0.6) is 0 Å². The Kier molecular flexibility index (Phi) is 3.23. The van der Waals surface area contributed by atoms with E-state index in [1.165, 1.54) is 0 Å². The van der Waals surface area contributed by atoms with Gasteiger partial charge in [-0.3, -0.25) is 9.48 Å². The number of fused-ring (bicyclic) bond motifs is 1. The van der Waals surface area contributed by atoms with Crippen LogP contribution in [0.3, 0.4) is 0 Å². The number of benzene rings is 1. The summed E-state index contributed by atoms with van der Waals surface area (Å²) in [4.78, 5) is 16.4. The number of carbonyl (C=O) groups excluding carboxylic acids is 1. The van der Waals surface area contributed by atoms with Gasteiger partial charge in [-0.2, -0.15) is 5.10 Å². The molecule has 0 aliphatic heterocycles. The molecular weight excluding hydrogens is 272 g/mol. The van der Waals surface area contributed by atoms with Crippen molar-refractivity contribution in [3.8, 4) is 0 Å². The van der Waals surface area contributed by atoms with Crippen LogP contribution in [0.2, 0.25) is 0 Å². The van der Waals surface area contributed by atoms with Gasteiger partial charge in [0.05, 0.1) is 27.8 Å². The van der Waals surface area contributed by atoms with E-state index in [1.807, 2.05) is 25.1 Å². The van der Waals surface area contributed by atoms with Crippen LogP contribution in [-0.2, 0) is 18.3 Å². The number of rotatable bonds is 3. The first-order chi connectivity index (χ1) is 9.61. The Labute approximate surface area is 120 Å². The van der Waals surface area contributed by atoms with Crippen LogP contribution < -0.4 is 5.32 Å². The molecule has 0 fully saturated rings. The first kappa shape index (κ1) is 12.8. The summed E-state index contributed by atoms with van der Waals surface area (Å²) in [5, 5.41) is 7.90. The molecule has 2 aromatic heterocycles. The predicted octanol–water partition coefficient (Wildman–Crippen LogP) is 2.52. The number of carbonyl (C=O) groups is 1. The topological polar surface area (TPSA) is 59.8 Å². The van der Waals surface area contributed by atoms with Crippen molar-refractivity contribution < 1.29 is 4.79 Å². The largest absolute Gasteiger partial charge is 0.311 e. The second-order valence-electron chi connectivity index (χ2n) is 4.60. The van der Waals surface area contributed by atoms with Crippen LogP contribution in [0.1, 0.15) is 10.6 Å². The lowest BCUT2D eigenvalue weighted by molar-refractivity contribution is -0.115. The summed E-state index contributed by atoms with van der Waals surface area (Å²) in [6.45, 7) is 1.99. The monoisotopic (exact) mass is 286 g/mol. The van der Waals surface area contributed by atoms with Gasteiger partial charge in [-0.25, -0.2) is 4.98 Å². The van der Waals surface area contributed by atoms with Gasteiger partial charge in [-0.15, -0.1) is 11.3 Å². The van der Waals surface area contributed by atoms with Gasteiger partial charge in [0.15, 0.2) is 0 Å². The summed E-state index contributed by atoms with van der Waals surface area (Å²) in [6, 6.07) is 7.71. The van der Waals surface area contributed by atoms with Crippen LogP contribution in [0, 0.1) is 6.92 Å². The van der Waals surface area contributed by atoms with Gasteiger partial charge in [0.25, 0.3) is 0 Å². The minimum absolute atomic E-state index is 0.0470. The Bertz CT molecular complexity index is 774. The van der Waals surface area contributed by atoms with Gasteiger partial charge in [-0.05, 0) is 24.6 Å². The van der Waals surface area contributed by atoms with Gasteiger partial charge >= 0.3 is 0 Å². The molecule has 0 aliphatic rings. The molecule has 0 spiro atoms. The Morgan fingerprint density at radius 2 is 2.25 bits per heavy atom. The molecule has 0 atom stereocenters. The van der Waals surface area contributed by atoms with Crippen LogP contribution in [0.4, 0.5) is 5.82 Å². The lowest BCUT2D eigenvalue weighted by atomic mass is 10.1.